The van der Waals surface area contributed by atoms with Gasteiger partial charge in [0.25, 0.3) is 0 Å². The molecule has 0 spiro atoms. The Hall–Kier alpha value is -1.38. The van der Waals surface area contributed by atoms with Gasteiger partial charge in [-0.3, -0.25) is 4.79 Å². The first kappa shape index (κ1) is 14.7. The number of amides is 1. The molecule has 0 aliphatic carbocycles. The number of halogens is 3. The molecule has 1 amide bonds. The fourth-order valence-corrected chi connectivity index (χ4v) is 1.68. The van der Waals surface area contributed by atoms with Crippen molar-refractivity contribution in [1.82, 2.24) is 15.1 Å². The van der Waals surface area contributed by atoms with E-state index in [0.29, 0.717) is 11.5 Å². The van der Waals surface area contributed by atoms with Crippen molar-refractivity contribution in [2.75, 3.05) is 18.0 Å². The van der Waals surface area contributed by atoms with Crippen LogP contribution in [0.2, 0.25) is 0 Å². The fraction of sp³-hybridized carbons (Fsp3) is 0.556. The highest BCUT2D eigenvalue weighted by atomic mass is 32.2. The van der Waals surface area contributed by atoms with Crippen molar-refractivity contribution in [1.29, 1.82) is 0 Å². The number of aromatic nitrogens is 2. The van der Waals surface area contributed by atoms with Crippen LogP contribution < -0.4 is 11.1 Å². The first-order valence-corrected chi connectivity index (χ1v) is 6.04. The molecule has 0 bridgehead atoms. The molecule has 0 aliphatic heterocycles. The van der Waals surface area contributed by atoms with Gasteiger partial charge < -0.3 is 11.1 Å². The average molecular weight is 282 g/mol. The van der Waals surface area contributed by atoms with E-state index in [1.807, 2.05) is 0 Å². The van der Waals surface area contributed by atoms with E-state index >= 15 is 0 Å². The Kier molecular flexibility index (Phi) is 4.88. The number of nitrogens with one attached hydrogen (secondary N) is 1. The summed E-state index contributed by atoms with van der Waals surface area (Å²) in [5.41, 5.74) is 1.97. The Morgan fingerprint density at radius 3 is 2.78 bits per heavy atom. The van der Waals surface area contributed by atoms with E-state index in [-0.39, 0.29) is 30.6 Å². The second-order valence-electron chi connectivity index (χ2n) is 3.51. The molecule has 1 heterocycles. The number of carbonyl (C=O) groups excluding carboxylic acids is 1. The van der Waals surface area contributed by atoms with E-state index in [1.165, 1.54) is 4.68 Å². The first-order valence-electron chi connectivity index (χ1n) is 5.05. The maximum absolute atomic E-state index is 11.8. The number of nitrogens with zero attached hydrogens (tertiary/aromatic N) is 2. The van der Waals surface area contributed by atoms with Crippen LogP contribution in [0.1, 0.15) is 5.69 Å². The number of anilines is 1. The summed E-state index contributed by atoms with van der Waals surface area (Å²) in [4.78, 5) is 11.4. The van der Waals surface area contributed by atoms with Crippen molar-refractivity contribution in [2.24, 2.45) is 0 Å². The van der Waals surface area contributed by atoms with E-state index in [1.54, 1.807) is 13.0 Å². The minimum atomic E-state index is -4.27. The summed E-state index contributed by atoms with van der Waals surface area (Å²) in [6.07, 6.45) is 0. The van der Waals surface area contributed by atoms with Crippen LogP contribution in [0.3, 0.4) is 0 Å². The summed E-state index contributed by atoms with van der Waals surface area (Å²) in [6, 6.07) is 1.60. The molecular weight excluding hydrogens is 269 g/mol. The van der Waals surface area contributed by atoms with Gasteiger partial charge in [0.1, 0.15) is 12.4 Å². The van der Waals surface area contributed by atoms with Crippen molar-refractivity contribution in [3.05, 3.63) is 11.8 Å². The van der Waals surface area contributed by atoms with Crippen LogP contribution in [0.25, 0.3) is 0 Å². The minimum absolute atomic E-state index is 0.0524. The van der Waals surface area contributed by atoms with Crippen molar-refractivity contribution in [3.8, 4) is 0 Å². The molecular formula is C9H13F3N4OS. The molecule has 0 radical (unpaired) electrons. The minimum Gasteiger partial charge on any atom is -0.384 e. The lowest BCUT2D eigenvalue weighted by atomic mass is 10.5. The van der Waals surface area contributed by atoms with Gasteiger partial charge in [0.15, 0.2) is 0 Å². The molecule has 0 atom stereocenters. The van der Waals surface area contributed by atoms with E-state index in [2.05, 4.69) is 10.4 Å². The Labute approximate surface area is 106 Å². The van der Waals surface area contributed by atoms with Gasteiger partial charge in [-0.25, -0.2) is 4.68 Å². The molecule has 18 heavy (non-hydrogen) atoms. The van der Waals surface area contributed by atoms with Crippen LogP contribution in [-0.4, -0.2) is 33.5 Å². The van der Waals surface area contributed by atoms with Crippen molar-refractivity contribution in [2.45, 2.75) is 19.0 Å². The zero-order chi connectivity index (χ0) is 13.8. The number of thioether (sulfide) groups is 1. The molecule has 102 valence electrons. The lowest BCUT2D eigenvalue weighted by molar-refractivity contribution is -0.121. The Morgan fingerprint density at radius 1 is 1.61 bits per heavy atom. The van der Waals surface area contributed by atoms with Crippen LogP contribution in [-0.2, 0) is 11.3 Å². The summed E-state index contributed by atoms with van der Waals surface area (Å²) in [6.45, 7) is 1.57. The number of hydrogen-bond acceptors (Lipinski definition) is 4. The van der Waals surface area contributed by atoms with E-state index in [4.69, 9.17) is 5.73 Å². The molecule has 0 fully saturated rings. The third-order valence-corrected chi connectivity index (χ3v) is 2.65. The number of alkyl halides is 3. The highest BCUT2D eigenvalue weighted by Gasteiger charge is 2.27. The van der Waals surface area contributed by atoms with E-state index in [0.717, 1.165) is 0 Å². The van der Waals surface area contributed by atoms with Crippen LogP contribution in [0.4, 0.5) is 19.0 Å². The molecule has 1 aromatic rings. The zero-order valence-electron chi connectivity index (χ0n) is 9.62. The van der Waals surface area contributed by atoms with Crippen molar-refractivity contribution in [3.63, 3.8) is 0 Å². The second-order valence-corrected chi connectivity index (χ2v) is 4.67. The standard InChI is InChI=1S/C9H13F3N4OS/c1-6-4-7(13)16(15-6)5-8(17)14-2-3-18-9(10,11)12/h4H,2-3,5,13H2,1H3,(H,14,17). The SMILES string of the molecule is Cc1cc(N)n(CC(=O)NCCSC(F)(F)F)n1. The molecule has 9 heteroatoms. The molecule has 0 saturated carbocycles. The highest BCUT2D eigenvalue weighted by molar-refractivity contribution is 8.00. The first-order chi connectivity index (χ1) is 8.28. The monoisotopic (exact) mass is 282 g/mol. The Bertz CT molecular complexity index is 418. The van der Waals surface area contributed by atoms with Crippen molar-refractivity contribution >= 4 is 23.5 Å². The van der Waals surface area contributed by atoms with Gasteiger partial charge in [-0.2, -0.15) is 18.3 Å². The van der Waals surface area contributed by atoms with Crippen LogP contribution in [0.15, 0.2) is 6.07 Å². The topological polar surface area (TPSA) is 72.9 Å². The largest absolute Gasteiger partial charge is 0.441 e. The number of carbonyl (C=O) groups is 1. The zero-order valence-corrected chi connectivity index (χ0v) is 10.4. The molecule has 0 saturated heterocycles. The van der Waals surface area contributed by atoms with Crippen LogP contribution in [0.5, 0.6) is 0 Å². The van der Waals surface area contributed by atoms with Gasteiger partial charge in [0.05, 0.1) is 5.69 Å². The lowest BCUT2D eigenvalue weighted by Gasteiger charge is -2.07. The third-order valence-electron chi connectivity index (χ3n) is 1.92. The number of hydrogen-bond donors (Lipinski definition) is 2. The molecule has 0 aromatic carbocycles. The molecule has 5 nitrogen and oxygen atoms in total. The van der Waals surface area contributed by atoms with Gasteiger partial charge >= 0.3 is 5.51 Å². The maximum Gasteiger partial charge on any atom is 0.441 e. The smallest absolute Gasteiger partial charge is 0.384 e. The van der Waals surface area contributed by atoms with Crippen LogP contribution in [0, 0.1) is 6.92 Å². The molecule has 1 aromatic heterocycles. The Morgan fingerprint density at radius 2 is 2.28 bits per heavy atom. The molecule has 1 rings (SSSR count). The maximum atomic E-state index is 11.8. The number of aryl methyl sites for hydroxylation is 1. The quantitative estimate of drug-likeness (QED) is 0.794. The van der Waals surface area contributed by atoms with E-state index < -0.39 is 11.4 Å². The van der Waals surface area contributed by atoms with Crippen molar-refractivity contribution < 1.29 is 18.0 Å². The number of nitrogens with two attached hydrogens (primary N) is 1. The predicted octanol–water partition coefficient (Wildman–Crippen LogP) is 1.14. The molecule has 0 aliphatic rings. The Balaban J connectivity index is 2.28. The normalized spacial score (nSPS) is 11.6. The summed E-state index contributed by atoms with van der Waals surface area (Å²) in [5, 5.41) is 6.33. The van der Waals surface area contributed by atoms with Gasteiger partial charge in [0, 0.05) is 18.4 Å². The number of nitrogen functional groups attached to an aromatic ring is 1. The summed E-state index contributed by atoms with van der Waals surface area (Å²) < 4.78 is 36.7. The van der Waals surface area contributed by atoms with Gasteiger partial charge in [-0.05, 0) is 18.7 Å². The predicted molar refractivity (Wildman–Crippen MR) is 62.9 cm³/mol. The third kappa shape index (κ3) is 5.30. The second kappa shape index (κ2) is 5.98. The number of rotatable bonds is 5. The van der Waals surface area contributed by atoms with Gasteiger partial charge in [-0.1, -0.05) is 0 Å². The molecule has 0 unspecified atom stereocenters. The summed E-state index contributed by atoms with van der Waals surface area (Å²) >= 11 is -0.173. The summed E-state index contributed by atoms with van der Waals surface area (Å²) in [5.74, 6) is -0.303. The van der Waals surface area contributed by atoms with Gasteiger partial charge in [0.2, 0.25) is 5.91 Å². The lowest BCUT2D eigenvalue weighted by Crippen LogP contribution is -2.30. The van der Waals surface area contributed by atoms with Gasteiger partial charge in [-0.15, -0.1) is 0 Å². The highest BCUT2D eigenvalue weighted by Crippen LogP contribution is 2.29. The summed E-state index contributed by atoms with van der Waals surface area (Å²) in [7, 11) is 0. The molecule has 3 N–H and O–H groups in total. The van der Waals surface area contributed by atoms with E-state index in [9.17, 15) is 18.0 Å². The average Bonchev–Trinajstić information content (AvgIpc) is 2.51. The van der Waals surface area contributed by atoms with Crippen LogP contribution >= 0.6 is 11.8 Å². The fourth-order valence-electron chi connectivity index (χ4n) is 1.24.